The fraction of sp³-hybridized carbons (Fsp3) is 0.500. The Morgan fingerprint density at radius 3 is 2.57 bits per heavy atom. The van der Waals surface area contributed by atoms with Crippen molar-refractivity contribution in [3.8, 4) is 0 Å². The van der Waals surface area contributed by atoms with Crippen LogP contribution in [0.15, 0.2) is 12.4 Å². The lowest BCUT2D eigenvalue weighted by atomic mass is 9.91. The zero-order valence-electron chi connectivity index (χ0n) is 8.61. The number of carboxylic acids is 1. The highest BCUT2D eigenvalue weighted by molar-refractivity contribution is 5.69. The lowest BCUT2D eigenvalue weighted by Gasteiger charge is -2.17. The van der Waals surface area contributed by atoms with Crippen molar-refractivity contribution in [1.29, 1.82) is 0 Å². The largest absolute Gasteiger partial charge is 0.481 e. The summed E-state index contributed by atoms with van der Waals surface area (Å²) < 4.78 is 0. The minimum Gasteiger partial charge on any atom is -0.481 e. The van der Waals surface area contributed by atoms with Gasteiger partial charge in [0.2, 0.25) is 0 Å². The second kappa shape index (κ2) is 3.74. The molecule has 0 fully saturated rings. The van der Waals surface area contributed by atoms with Gasteiger partial charge in [0, 0.05) is 11.1 Å². The molecule has 0 saturated carbocycles. The molecule has 1 aromatic heterocycles. The highest BCUT2D eigenvalue weighted by atomic mass is 16.4. The van der Waals surface area contributed by atoms with E-state index < -0.39 is 5.97 Å². The quantitative estimate of drug-likeness (QED) is 0.773. The molecule has 0 unspecified atom stereocenters. The van der Waals surface area contributed by atoms with E-state index >= 15 is 0 Å². The van der Waals surface area contributed by atoms with Crippen LogP contribution < -0.4 is 0 Å². The smallest absolute Gasteiger partial charge is 0.309 e. The van der Waals surface area contributed by atoms with Crippen LogP contribution in [0.5, 0.6) is 0 Å². The highest BCUT2D eigenvalue weighted by Crippen LogP contribution is 2.19. The Kier molecular flexibility index (Phi) is 2.84. The van der Waals surface area contributed by atoms with E-state index in [0.717, 1.165) is 5.69 Å². The first-order valence-corrected chi connectivity index (χ1v) is 4.43. The van der Waals surface area contributed by atoms with Gasteiger partial charge in [0.15, 0.2) is 0 Å². The first-order chi connectivity index (χ1) is 6.39. The van der Waals surface area contributed by atoms with Gasteiger partial charge in [-0.15, -0.1) is 0 Å². The summed E-state index contributed by atoms with van der Waals surface area (Å²) in [5, 5.41) is 8.60. The van der Waals surface area contributed by atoms with Crippen LogP contribution in [-0.2, 0) is 16.6 Å². The van der Waals surface area contributed by atoms with Crippen molar-refractivity contribution in [2.75, 3.05) is 0 Å². The minimum absolute atomic E-state index is 0.0500. The van der Waals surface area contributed by atoms with Crippen molar-refractivity contribution in [2.24, 2.45) is 0 Å². The molecule has 1 heterocycles. The molecule has 1 aromatic rings. The first-order valence-electron chi connectivity index (χ1n) is 4.43. The Labute approximate surface area is 83.0 Å². The fourth-order valence-corrected chi connectivity index (χ4v) is 1.06. The number of aromatic nitrogens is 2. The summed E-state index contributed by atoms with van der Waals surface area (Å²) in [5.74, 6) is -0.872. The monoisotopic (exact) mass is 194 g/mol. The summed E-state index contributed by atoms with van der Waals surface area (Å²) in [4.78, 5) is 18.5. The summed E-state index contributed by atoms with van der Waals surface area (Å²) >= 11 is 0. The zero-order chi connectivity index (χ0) is 10.8. The molecule has 4 heteroatoms. The van der Waals surface area contributed by atoms with Gasteiger partial charge in [-0.05, 0) is 6.07 Å². The van der Waals surface area contributed by atoms with Crippen LogP contribution in [0.2, 0.25) is 0 Å². The molecule has 0 atom stereocenters. The molecule has 4 nitrogen and oxygen atoms in total. The number of nitrogens with zero attached hydrogens (tertiary/aromatic N) is 2. The standard InChI is InChI=1S/C10H14N2O2/c1-10(2,3)8-4-7(5-9(13)14)11-6-12-8/h4,6H,5H2,1-3H3,(H,13,14). The SMILES string of the molecule is CC(C)(C)c1cc(CC(=O)O)ncn1. The van der Waals surface area contributed by atoms with Crippen molar-refractivity contribution in [3.63, 3.8) is 0 Å². The van der Waals surface area contributed by atoms with Gasteiger partial charge in [-0.3, -0.25) is 4.79 Å². The molecule has 1 rings (SSSR count). The van der Waals surface area contributed by atoms with Gasteiger partial charge in [0.1, 0.15) is 6.33 Å². The van der Waals surface area contributed by atoms with Gasteiger partial charge in [-0.1, -0.05) is 20.8 Å². The molecule has 0 aliphatic carbocycles. The highest BCUT2D eigenvalue weighted by Gasteiger charge is 2.16. The van der Waals surface area contributed by atoms with E-state index in [0.29, 0.717) is 5.69 Å². The zero-order valence-corrected chi connectivity index (χ0v) is 8.61. The van der Waals surface area contributed by atoms with E-state index in [4.69, 9.17) is 5.11 Å². The lowest BCUT2D eigenvalue weighted by Crippen LogP contribution is -2.15. The van der Waals surface area contributed by atoms with Crippen LogP contribution in [0.4, 0.5) is 0 Å². The minimum atomic E-state index is -0.872. The molecule has 0 aliphatic rings. The molecule has 76 valence electrons. The summed E-state index contributed by atoms with van der Waals surface area (Å²) in [5.41, 5.74) is 1.34. The molecule has 0 saturated heterocycles. The Balaban J connectivity index is 2.95. The van der Waals surface area contributed by atoms with Crippen LogP contribution in [0.1, 0.15) is 32.2 Å². The van der Waals surface area contributed by atoms with E-state index in [-0.39, 0.29) is 11.8 Å². The molecular weight excluding hydrogens is 180 g/mol. The maximum Gasteiger partial charge on any atom is 0.309 e. The molecule has 0 radical (unpaired) electrons. The van der Waals surface area contributed by atoms with Crippen LogP contribution in [0.25, 0.3) is 0 Å². The first kappa shape index (κ1) is 10.6. The average molecular weight is 194 g/mol. The molecule has 14 heavy (non-hydrogen) atoms. The molecular formula is C10H14N2O2. The van der Waals surface area contributed by atoms with Crippen LogP contribution >= 0.6 is 0 Å². The van der Waals surface area contributed by atoms with E-state index in [2.05, 4.69) is 9.97 Å². The fourth-order valence-electron chi connectivity index (χ4n) is 1.06. The number of rotatable bonds is 2. The molecule has 0 aliphatic heterocycles. The summed E-state index contributed by atoms with van der Waals surface area (Å²) in [6, 6.07) is 1.74. The van der Waals surface area contributed by atoms with Gasteiger partial charge in [0.25, 0.3) is 0 Å². The average Bonchev–Trinajstić information content (AvgIpc) is 2.01. The molecule has 0 spiro atoms. The number of carbonyl (C=O) groups is 1. The third-order valence-corrected chi connectivity index (χ3v) is 1.82. The Hall–Kier alpha value is -1.45. The van der Waals surface area contributed by atoms with Crippen LogP contribution in [0, 0.1) is 0 Å². The van der Waals surface area contributed by atoms with Crippen LogP contribution in [-0.4, -0.2) is 21.0 Å². The number of aliphatic carboxylic acids is 1. The second-order valence-electron chi connectivity index (χ2n) is 4.22. The maximum atomic E-state index is 10.5. The van der Waals surface area contributed by atoms with Crippen molar-refractivity contribution >= 4 is 5.97 Å². The van der Waals surface area contributed by atoms with Crippen molar-refractivity contribution < 1.29 is 9.90 Å². The third kappa shape index (κ3) is 2.80. The lowest BCUT2D eigenvalue weighted by molar-refractivity contribution is -0.136. The summed E-state index contributed by atoms with van der Waals surface area (Å²) in [6.07, 6.45) is 1.37. The third-order valence-electron chi connectivity index (χ3n) is 1.82. The van der Waals surface area contributed by atoms with Crippen molar-refractivity contribution in [1.82, 2.24) is 9.97 Å². The molecule has 0 aromatic carbocycles. The van der Waals surface area contributed by atoms with Gasteiger partial charge >= 0.3 is 5.97 Å². The summed E-state index contributed by atoms with van der Waals surface area (Å²) in [6.45, 7) is 6.08. The molecule has 1 N–H and O–H groups in total. The van der Waals surface area contributed by atoms with E-state index in [9.17, 15) is 4.79 Å². The van der Waals surface area contributed by atoms with E-state index in [1.807, 2.05) is 20.8 Å². The normalized spacial score (nSPS) is 11.4. The number of hydrogen-bond acceptors (Lipinski definition) is 3. The number of hydrogen-bond donors (Lipinski definition) is 1. The topological polar surface area (TPSA) is 63.1 Å². The van der Waals surface area contributed by atoms with Gasteiger partial charge in [0.05, 0.1) is 12.1 Å². The van der Waals surface area contributed by atoms with Gasteiger partial charge in [-0.25, -0.2) is 9.97 Å². The van der Waals surface area contributed by atoms with Gasteiger partial charge < -0.3 is 5.11 Å². The molecule has 0 amide bonds. The van der Waals surface area contributed by atoms with Crippen molar-refractivity contribution in [3.05, 3.63) is 23.8 Å². The summed E-state index contributed by atoms with van der Waals surface area (Å²) in [7, 11) is 0. The molecule has 0 bridgehead atoms. The van der Waals surface area contributed by atoms with Crippen molar-refractivity contribution in [2.45, 2.75) is 32.6 Å². The Bertz CT molecular complexity index is 342. The predicted octanol–water partition coefficient (Wildman–Crippen LogP) is 1.40. The maximum absolute atomic E-state index is 10.5. The van der Waals surface area contributed by atoms with Crippen LogP contribution in [0.3, 0.4) is 0 Å². The van der Waals surface area contributed by atoms with E-state index in [1.54, 1.807) is 6.07 Å². The van der Waals surface area contributed by atoms with E-state index in [1.165, 1.54) is 6.33 Å². The Morgan fingerprint density at radius 1 is 1.43 bits per heavy atom. The predicted molar refractivity (Wildman–Crippen MR) is 52.1 cm³/mol. The number of carboxylic acid groups (broad SMARTS) is 1. The Morgan fingerprint density at radius 2 is 2.07 bits per heavy atom. The second-order valence-corrected chi connectivity index (χ2v) is 4.22. The van der Waals surface area contributed by atoms with Gasteiger partial charge in [-0.2, -0.15) is 0 Å².